The van der Waals surface area contributed by atoms with Gasteiger partial charge in [0.2, 0.25) is 11.9 Å². The van der Waals surface area contributed by atoms with Crippen LogP contribution in [0.15, 0.2) is 49.1 Å². The lowest BCUT2D eigenvalue weighted by molar-refractivity contribution is -0.125. The van der Waals surface area contributed by atoms with E-state index in [1.165, 1.54) is 18.2 Å². The molecule has 2 N–H and O–H groups in total. The number of para-hydroxylation sites is 2. The fraction of sp³-hybridized carbons (Fsp3) is 0.304. The van der Waals surface area contributed by atoms with E-state index >= 15 is 0 Å². The molecule has 1 aromatic carbocycles. The molecule has 1 aliphatic heterocycles. The van der Waals surface area contributed by atoms with Crippen molar-refractivity contribution in [2.24, 2.45) is 5.41 Å². The zero-order valence-corrected chi connectivity index (χ0v) is 18.1. The van der Waals surface area contributed by atoms with Crippen LogP contribution in [0, 0.1) is 5.41 Å². The fourth-order valence-corrected chi connectivity index (χ4v) is 5.69. The average Bonchev–Trinajstić information content (AvgIpc) is 3.48. The first kappa shape index (κ1) is 20.4. The highest BCUT2D eigenvalue weighted by atomic mass is 32.1. The van der Waals surface area contributed by atoms with Crippen LogP contribution in [0.2, 0.25) is 0 Å². The van der Waals surface area contributed by atoms with E-state index in [1.54, 1.807) is 0 Å². The maximum atomic E-state index is 12.8. The molecule has 2 amide bonds. The molecule has 1 saturated carbocycles. The smallest absolute Gasteiger partial charge is 0.345 e. The number of imidazole rings is 1. The molecule has 2 aliphatic rings. The maximum Gasteiger partial charge on any atom is 0.345 e. The molecule has 1 spiro atoms. The standard InChI is InChI=1S/C23H22N4O4S/c1-2-19(28)26-10-9-23(13-26)11-14(12-23)27-16-6-4-3-5-15(16)24-22(27)25-20(29)17-7-8-18(32-17)21(30)31/h2-8,14H,1,9-13H2,(H,30,31)(H,24,25,29). The number of nitrogens with zero attached hydrogens (tertiary/aromatic N) is 3. The third kappa shape index (κ3) is 3.38. The van der Waals surface area contributed by atoms with Crippen LogP contribution in [0.25, 0.3) is 11.0 Å². The molecule has 3 aromatic rings. The number of hydrogen-bond acceptors (Lipinski definition) is 5. The molecule has 164 valence electrons. The van der Waals surface area contributed by atoms with E-state index < -0.39 is 5.97 Å². The zero-order valence-electron chi connectivity index (χ0n) is 17.3. The molecule has 0 unspecified atom stereocenters. The van der Waals surface area contributed by atoms with E-state index in [-0.39, 0.29) is 28.1 Å². The molecule has 1 saturated heterocycles. The number of amides is 2. The highest BCUT2D eigenvalue weighted by molar-refractivity contribution is 7.15. The number of likely N-dealkylation sites (tertiary alicyclic amines) is 1. The van der Waals surface area contributed by atoms with Gasteiger partial charge >= 0.3 is 5.97 Å². The Labute approximate surface area is 188 Å². The normalized spacial score (nSPS) is 22.1. The van der Waals surface area contributed by atoms with Crippen LogP contribution in [0.5, 0.6) is 0 Å². The van der Waals surface area contributed by atoms with Gasteiger partial charge in [-0.25, -0.2) is 9.78 Å². The summed E-state index contributed by atoms with van der Waals surface area (Å²) in [6.07, 6.45) is 4.13. The van der Waals surface area contributed by atoms with Crippen LogP contribution >= 0.6 is 11.3 Å². The van der Waals surface area contributed by atoms with Crippen molar-refractivity contribution < 1.29 is 19.5 Å². The summed E-state index contributed by atoms with van der Waals surface area (Å²) in [5.41, 5.74) is 1.83. The molecular formula is C23H22N4O4S. The summed E-state index contributed by atoms with van der Waals surface area (Å²) in [4.78, 5) is 42.9. The van der Waals surface area contributed by atoms with Crippen molar-refractivity contribution in [3.8, 4) is 0 Å². The van der Waals surface area contributed by atoms with Crippen LogP contribution in [0.4, 0.5) is 5.95 Å². The summed E-state index contributed by atoms with van der Waals surface area (Å²) in [5.74, 6) is -1.00. The summed E-state index contributed by atoms with van der Waals surface area (Å²) in [6.45, 7) is 5.06. The number of aromatic nitrogens is 2. The van der Waals surface area contributed by atoms with Crippen molar-refractivity contribution in [2.45, 2.75) is 25.3 Å². The lowest BCUT2D eigenvalue weighted by Crippen LogP contribution is -2.42. The number of hydrogen-bond donors (Lipinski definition) is 2. The van der Waals surface area contributed by atoms with Gasteiger partial charge in [-0.15, -0.1) is 11.3 Å². The van der Waals surface area contributed by atoms with Crippen molar-refractivity contribution in [3.63, 3.8) is 0 Å². The van der Waals surface area contributed by atoms with Crippen LogP contribution in [0.1, 0.15) is 44.6 Å². The Morgan fingerprint density at radius 1 is 1.19 bits per heavy atom. The van der Waals surface area contributed by atoms with E-state index in [4.69, 9.17) is 5.11 Å². The second kappa shape index (κ2) is 7.59. The monoisotopic (exact) mass is 450 g/mol. The summed E-state index contributed by atoms with van der Waals surface area (Å²) in [6, 6.07) is 10.8. The van der Waals surface area contributed by atoms with Gasteiger partial charge < -0.3 is 14.6 Å². The molecule has 1 aliphatic carbocycles. The minimum absolute atomic E-state index is 0.0250. The number of carboxylic acids is 1. The Kier molecular flexibility index (Phi) is 4.85. The first-order valence-corrected chi connectivity index (χ1v) is 11.2. The maximum absolute atomic E-state index is 12.8. The fourth-order valence-electron chi connectivity index (χ4n) is 4.95. The van der Waals surface area contributed by atoms with Gasteiger partial charge in [-0.1, -0.05) is 18.7 Å². The van der Waals surface area contributed by atoms with Gasteiger partial charge in [0.25, 0.3) is 5.91 Å². The van der Waals surface area contributed by atoms with Gasteiger partial charge in [-0.3, -0.25) is 14.9 Å². The van der Waals surface area contributed by atoms with Gasteiger partial charge in [0.1, 0.15) is 4.88 Å². The van der Waals surface area contributed by atoms with Gasteiger partial charge in [-0.05, 0) is 55.0 Å². The first-order valence-electron chi connectivity index (χ1n) is 10.4. The first-order chi connectivity index (χ1) is 15.4. The quantitative estimate of drug-likeness (QED) is 0.576. The minimum Gasteiger partial charge on any atom is -0.477 e. The van der Waals surface area contributed by atoms with Crippen molar-refractivity contribution in [1.29, 1.82) is 0 Å². The van der Waals surface area contributed by atoms with Crippen molar-refractivity contribution in [2.75, 3.05) is 18.4 Å². The number of aromatic carboxylic acids is 1. The van der Waals surface area contributed by atoms with E-state index in [1.807, 2.05) is 29.2 Å². The predicted octanol–water partition coefficient (Wildman–Crippen LogP) is 3.79. The van der Waals surface area contributed by atoms with Crippen LogP contribution in [-0.2, 0) is 4.79 Å². The van der Waals surface area contributed by atoms with Gasteiger partial charge in [-0.2, -0.15) is 0 Å². The summed E-state index contributed by atoms with van der Waals surface area (Å²) < 4.78 is 2.07. The van der Waals surface area contributed by atoms with E-state index in [0.717, 1.165) is 54.7 Å². The number of benzene rings is 1. The minimum atomic E-state index is -1.05. The Morgan fingerprint density at radius 2 is 1.94 bits per heavy atom. The van der Waals surface area contributed by atoms with Crippen molar-refractivity contribution in [3.05, 3.63) is 58.8 Å². The third-order valence-corrected chi connectivity index (χ3v) is 7.56. The second-order valence-corrected chi connectivity index (χ2v) is 9.58. The van der Waals surface area contributed by atoms with E-state index in [9.17, 15) is 14.4 Å². The Bertz CT molecular complexity index is 1250. The Balaban J connectivity index is 1.40. The number of anilines is 1. The molecular weight excluding hydrogens is 428 g/mol. The van der Waals surface area contributed by atoms with Gasteiger partial charge in [0.05, 0.1) is 15.9 Å². The number of rotatable bonds is 5. The number of carbonyl (C=O) groups is 3. The molecule has 2 aromatic heterocycles. The summed E-state index contributed by atoms with van der Waals surface area (Å²) in [7, 11) is 0. The van der Waals surface area contributed by atoms with Gasteiger partial charge in [0, 0.05) is 19.1 Å². The number of nitrogens with one attached hydrogen (secondary N) is 1. The van der Waals surface area contributed by atoms with Crippen molar-refractivity contribution in [1.82, 2.24) is 14.5 Å². The van der Waals surface area contributed by atoms with Gasteiger partial charge in [0.15, 0.2) is 0 Å². The highest BCUT2D eigenvalue weighted by Gasteiger charge is 2.50. The van der Waals surface area contributed by atoms with Crippen LogP contribution < -0.4 is 5.32 Å². The van der Waals surface area contributed by atoms with Crippen LogP contribution in [-0.4, -0.2) is 50.4 Å². The average molecular weight is 451 g/mol. The molecule has 0 atom stereocenters. The lowest BCUT2D eigenvalue weighted by Gasteiger charge is -2.46. The largest absolute Gasteiger partial charge is 0.477 e. The SMILES string of the molecule is C=CC(=O)N1CCC2(CC(n3c(NC(=O)c4ccc(C(=O)O)s4)nc4ccccc43)C2)C1. The molecule has 0 bridgehead atoms. The summed E-state index contributed by atoms with van der Waals surface area (Å²) >= 11 is 0.935. The predicted molar refractivity (Wildman–Crippen MR) is 121 cm³/mol. The third-order valence-electron chi connectivity index (χ3n) is 6.49. The number of carbonyl (C=O) groups excluding carboxylic acids is 2. The molecule has 9 heteroatoms. The molecule has 8 nitrogen and oxygen atoms in total. The highest BCUT2D eigenvalue weighted by Crippen LogP contribution is 2.55. The number of carboxylic acid groups (broad SMARTS) is 1. The number of thiophene rings is 1. The van der Waals surface area contributed by atoms with Crippen molar-refractivity contribution >= 4 is 46.1 Å². The second-order valence-electron chi connectivity index (χ2n) is 8.49. The van der Waals surface area contributed by atoms with E-state index in [2.05, 4.69) is 21.4 Å². The molecule has 3 heterocycles. The molecule has 2 fully saturated rings. The lowest BCUT2D eigenvalue weighted by atomic mass is 9.65. The molecule has 5 rings (SSSR count). The van der Waals surface area contributed by atoms with Crippen LogP contribution in [0.3, 0.4) is 0 Å². The zero-order chi connectivity index (χ0) is 22.5. The Morgan fingerprint density at radius 3 is 2.66 bits per heavy atom. The molecule has 0 radical (unpaired) electrons. The Hall–Kier alpha value is -3.46. The van der Waals surface area contributed by atoms with E-state index in [0.29, 0.717) is 10.8 Å². The summed E-state index contributed by atoms with van der Waals surface area (Å²) in [5, 5.41) is 12.0. The topological polar surface area (TPSA) is 105 Å². The number of fused-ring (bicyclic) bond motifs is 1. The molecule has 32 heavy (non-hydrogen) atoms.